The molecule has 0 spiro atoms. The van der Waals surface area contributed by atoms with Gasteiger partial charge < -0.3 is 20.1 Å². The van der Waals surface area contributed by atoms with Crippen LogP contribution in [0.2, 0.25) is 0 Å². The predicted molar refractivity (Wildman–Crippen MR) is 128 cm³/mol. The normalized spacial score (nSPS) is 16.5. The first-order valence-corrected chi connectivity index (χ1v) is 11.6. The zero-order valence-electron chi connectivity index (χ0n) is 19.0. The number of likely N-dealkylation sites (tertiary alicyclic amines) is 1. The number of nitrogens with zero attached hydrogens (tertiary/aromatic N) is 2. The molecule has 0 bridgehead atoms. The number of hydrogen-bond donors (Lipinski definition) is 2. The SMILES string of the molecule is O=C(NCc1cc(C(=O)N2CCC[C@H]2C(=O)O)ccn1)OCC1c2ccccc2-c2ccccc21. The van der Waals surface area contributed by atoms with Crippen molar-refractivity contribution in [3.05, 3.63) is 89.2 Å². The van der Waals surface area contributed by atoms with Gasteiger partial charge in [-0.25, -0.2) is 9.59 Å². The van der Waals surface area contributed by atoms with E-state index < -0.39 is 18.1 Å². The molecular formula is C27H25N3O5. The van der Waals surface area contributed by atoms with Gasteiger partial charge in [0.05, 0.1) is 12.2 Å². The van der Waals surface area contributed by atoms with Gasteiger partial charge in [0, 0.05) is 24.2 Å². The first kappa shape index (κ1) is 22.6. The third kappa shape index (κ3) is 4.47. The Bertz CT molecular complexity index is 1250. The maximum atomic E-state index is 12.8. The van der Waals surface area contributed by atoms with Crippen molar-refractivity contribution < 1.29 is 24.2 Å². The van der Waals surface area contributed by atoms with E-state index in [1.54, 1.807) is 12.1 Å². The summed E-state index contributed by atoms with van der Waals surface area (Å²) in [6, 6.07) is 18.6. The van der Waals surface area contributed by atoms with E-state index in [-0.39, 0.29) is 25.0 Å². The Hall–Kier alpha value is -4.20. The molecule has 2 amide bonds. The largest absolute Gasteiger partial charge is 0.480 e. The van der Waals surface area contributed by atoms with E-state index in [1.165, 1.54) is 11.1 Å². The molecular weight excluding hydrogens is 446 g/mol. The number of carbonyl (C=O) groups excluding carboxylic acids is 2. The fourth-order valence-corrected chi connectivity index (χ4v) is 4.95. The Morgan fingerprint density at radius 3 is 2.40 bits per heavy atom. The van der Waals surface area contributed by atoms with Gasteiger partial charge in [-0.15, -0.1) is 0 Å². The summed E-state index contributed by atoms with van der Waals surface area (Å²) in [4.78, 5) is 42.3. The van der Waals surface area contributed by atoms with Gasteiger partial charge in [-0.2, -0.15) is 0 Å². The summed E-state index contributed by atoms with van der Waals surface area (Å²) in [5, 5.41) is 12.0. The Morgan fingerprint density at radius 1 is 1.03 bits per heavy atom. The number of rotatable bonds is 6. The average molecular weight is 472 g/mol. The van der Waals surface area contributed by atoms with Gasteiger partial charge in [-0.05, 0) is 47.2 Å². The summed E-state index contributed by atoms with van der Waals surface area (Å²) < 4.78 is 5.54. The number of fused-ring (bicyclic) bond motifs is 3. The highest BCUT2D eigenvalue weighted by atomic mass is 16.5. The maximum Gasteiger partial charge on any atom is 0.407 e. The van der Waals surface area contributed by atoms with E-state index in [0.29, 0.717) is 30.6 Å². The van der Waals surface area contributed by atoms with Gasteiger partial charge in [-0.1, -0.05) is 48.5 Å². The third-order valence-electron chi connectivity index (χ3n) is 6.62. The Kier molecular flexibility index (Phi) is 6.18. The van der Waals surface area contributed by atoms with Crippen LogP contribution in [-0.2, 0) is 16.1 Å². The molecule has 1 fully saturated rings. The van der Waals surface area contributed by atoms with Crippen molar-refractivity contribution in [3.63, 3.8) is 0 Å². The molecule has 2 N–H and O–H groups in total. The Balaban J connectivity index is 1.20. The number of pyridine rings is 1. The predicted octanol–water partition coefficient (Wildman–Crippen LogP) is 3.81. The van der Waals surface area contributed by atoms with Crippen molar-refractivity contribution in [1.29, 1.82) is 0 Å². The van der Waals surface area contributed by atoms with E-state index >= 15 is 0 Å². The minimum Gasteiger partial charge on any atom is -0.480 e. The highest BCUT2D eigenvalue weighted by Crippen LogP contribution is 2.44. The lowest BCUT2D eigenvalue weighted by molar-refractivity contribution is -0.141. The highest BCUT2D eigenvalue weighted by Gasteiger charge is 2.34. The van der Waals surface area contributed by atoms with Gasteiger partial charge in [0.15, 0.2) is 0 Å². The molecule has 1 aromatic heterocycles. The van der Waals surface area contributed by atoms with Crippen LogP contribution >= 0.6 is 0 Å². The topological polar surface area (TPSA) is 109 Å². The Labute approximate surface area is 202 Å². The van der Waals surface area contributed by atoms with Crippen LogP contribution in [0.3, 0.4) is 0 Å². The number of carboxylic acid groups (broad SMARTS) is 1. The van der Waals surface area contributed by atoms with E-state index in [9.17, 15) is 19.5 Å². The lowest BCUT2D eigenvalue weighted by Gasteiger charge is -2.21. The first-order valence-electron chi connectivity index (χ1n) is 11.6. The quantitative estimate of drug-likeness (QED) is 0.566. The fourth-order valence-electron chi connectivity index (χ4n) is 4.95. The standard InChI is InChI=1S/C27H25N3O5/c31-25(30-13-5-10-24(30)26(32)33)17-11-12-28-18(14-17)15-29-27(34)35-16-23-21-8-3-1-6-19(21)20-7-2-4-9-22(20)23/h1-4,6-9,11-12,14,23-24H,5,10,13,15-16H2,(H,29,34)(H,32,33)/t24-/m0/s1. The second-order valence-corrected chi connectivity index (χ2v) is 8.71. The molecule has 35 heavy (non-hydrogen) atoms. The summed E-state index contributed by atoms with van der Waals surface area (Å²) in [7, 11) is 0. The van der Waals surface area contributed by atoms with Crippen molar-refractivity contribution in [2.45, 2.75) is 31.3 Å². The summed E-state index contributed by atoms with van der Waals surface area (Å²) in [5.74, 6) is -1.38. The molecule has 1 saturated heterocycles. The van der Waals surface area contributed by atoms with Crippen molar-refractivity contribution in [1.82, 2.24) is 15.2 Å². The van der Waals surface area contributed by atoms with Crippen LogP contribution < -0.4 is 5.32 Å². The van der Waals surface area contributed by atoms with Gasteiger partial charge >= 0.3 is 12.1 Å². The number of aliphatic carboxylic acids is 1. The minimum atomic E-state index is -0.998. The lowest BCUT2D eigenvalue weighted by Crippen LogP contribution is -2.40. The van der Waals surface area contributed by atoms with Crippen LogP contribution in [-0.4, -0.2) is 52.2 Å². The molecule has 0 radical (unpaired) electrons. The van der Waals surface area contributed by atoms with Crippen LogP contribution in [0.25, 0.3) is 11.1 Å². The van der Waals surface area contributed by atoms with Gasteiger partial charge in [0.1, 0.15) is 12.6 Å². The van der Waals surface area contributed by atoms with E-state index in [0.717, 1.165) is 22.3 Å². The number of benzene rings is 2. The average Bonchev–Trinajstić information content (AvgIpc) is 3.50. The van der Waals surface area contributed by atoms with Crippen molar-refractivity contribution in [2.75, 3.05) is 13.2 Å². The summed E-state index contributed by atoms with van der Waals surface area (Å²) in [5.41, 5.74) is 5.41. The van der Waals surface area contributed by atoms with E-state index in [1.807, 2.05) is 24.3 Å². The summed E-state index contributed by atoms with van der Waals surface area (Å²) in [6.45, 7) is 0.697. The number of carbonyl (C=O) groups is 3. The Morgan fingerprint density at radius 2 is 1.71 bits per heavy atom. The summed E-state index contributed by atoms with van der Waals surface area (Å²) in [6.07, 6.45) is 2.01. The highest BCUT2D eigenvalue weighted by molar-refractivity contribution is 5.97. The second kappa shape index (κ2) is 9.58. The monoisotopic (exact) mass is 471 g/mol. The molecule has 0 unspecified atom stereocenters. The molecule has 8 nitrogen and oxygen atoms in total. The van der Waals surface area contributed by atoms with Crippen LogP contribution in [0.15, 0.2) is 66.9 Å². The van der Waals surface area contributed by atoms with E-state index in [4.69, 9.17) is 4.74 Å². The van der Waals surface area contributed by atoms with Crippen molar-refractivity contribution in [2.24, 2.45) is 0 Å². The van der Waals surface area contributed by atoms with Gasteiger partial charge in [-0.3, -0.25) is 9.78 Å². The number of ether oxygens (including phenoxy) is 1. The third-order valence-corrected chi connectivity index (χ3v) is 6.62. The van der Waals surface area contributed by atoms with Gasteiger partial charge in [0.2, 0.25) is 0 Å². The molecule has 178 valence electrons. The first-order chi connectivity index (χ1) is 17.0. The second-order valence-electron chi connectivity index (χ2n) is 8.71. The molecule has 2 heterocycles. The summed E-state index contributed by atoms with van der Waals surface area (Å²) >= 11 is 0. The molecule has 2 aliphatic rings. The lowest BCUT2D eigenvalue weighted by atomic mass is 9.98. The van der Waals surface area contributed by atoms with E-state index in [2.05, 4.69) is 34.6 Å². The number of hydrogen-bond acceptors (Lipinski definition) is 5. The van der Waals surface area contributed by atoms with Crippen LogP contribution in [0.1, 0.15) is 45.9 Å². The number of nitrogens with one attached hydrogen (secondary N) is 1. The molecule has 1 atom stereocenters. The van der Waals surface area contributed by atoms with Crippen LogP contribution in [0.5, 0.6) is 0 Å². The zero-order chi connectivity index (χ0) is 24.4. The maximum absolute atomic E-state index is 12.8. The molecule has 1 aliphatic heterocycles. The molecule has 8 heteroatoms. The smallest absolute Gasteiger partial charge is 0.407 e. The molecule has 2 aromatic carbocycles. The number of aromatic nitrogens is 1. The fraction of sp³-hybridized carbons (Fsp3) is 0.259. The van der Waals surface area contributed by atoms with Gasteiger partial charge in [0.25, 0.3) is 5.91 Å². The molecule has 0 saturated carbocycles. The minimum absolute atomic E-state index is 0.0325. The van der Waals surface area contributed by atoms with Crippen molar-refractivity contribution >= 4 is 18.0 Å². The number of carboxylic acids is 1. The number of amides is 2. The van der Waals surface area contributed by atoms with Crippen molar-refractivity contribution in [3.8, 4) is 11.1 Å². The number of alkyl carbamates (subject to hydrolysis) is 1. The zero-order valence-corrected chi connectivity index (χ0v) is 19.0. The van der Waals surface area contributed by atoms with Crippen LogP contribution in [0.4, 0.5) is 4.79 Å². The van der Waals surface area contributed by atoms with Crippen LogP contribution in [0, 0.1) is 0 Å². The molecule has 5 rings (SSSR count). The molecule has 3 aromatic rings. The molecule has 1 aliphatic carbocycles.